The van der Waals surface area contributed by atoms with Gasteiger partial charge in [0.25, 0.3) is 0 Å². The number of halogens is 6. The quantitative estimate of drug-likeness (QED) is 0.0523. The van der Waals surface area contributed by atoms with E-state index in [2.05, 4.69) is 0 Å². The van der Waals surface area contributed by atoms with Crippen molar-refractivity contribution in [2.45, 2.75) is 171 Å². The topological polar surface area (TPSA) is 386 Å². The van der Waals surface area contributed by atoms with Crippen molar-refractivity contribution in [3.63, 3.8) is 0 Å². The second-order valence-electron chi connectivity index (χ2n) is 23.0. The van der Waals surface area contributed by atoms with Gasteiger partial charge in [0.1, 0.15) is 41.0 Å². The summed E-state index contributed by atoms with van der Waals surface area (Å²) in [6.07, 6.45) is -24.3. The zero-order valence-electron chi connectivity index (χ0n) is 48.5. The molecule has 4 aliphatic carbocycles. The summed E-state index contributed by atoms with van der Waals surface area (Å²) in [7, 11) is 0. The van der Waals surface area contributed by atoms with E-state index in [4.69, 9.17) is 39.9 Å². The van der Waals surface area contributed by atoms with E-state index in [1.54, 1.807) is 5.32 Å². The summed E-state index contributed by atoms with van der Waals surface area (Å²) in [5.74, 6) is -12.5. The zero-order valence-corrected chi connectivity index (χ0v) is 48.5. The highest BCUT2D eigenvalue weighted by Gasteiger charge is 2.53. The first-order valence-corrected chi connectivity index (χ1v) is 28.0. The van der Waals surface area contributed by atoms with Crippen molar-refractivity contribution < 1.29 is 123 Å². The van der Waals surface area contributed by atoms with Crippen LogP contribution in [0.1, 0.15) is 165 Å². The maximum Gasteiger partial charge on any atom is 0.471 e. The molecule has 4 aromatic carbocycles. The summed E-state index contributed by atoms with van der Waals surface area (Å²) in [5, 5.41) is 60.1. The number of benzene rings is 4. The predicted octanol–water partition coefficient (Wildman–Crippen LogP) is 4.35. The van der Waals surface area contributed by atoms with Crippen LogP contribution in [0.15, 0.2) is 48.5 Å². The molecule has 1 unspecified atom stereocenters. The molecule has 0 aromatic heterocycles. The molecule has 2 fully saturated rings. The molecule has 24 nitrogen and oxygen atoms in total. The molecule has 6 aliphatic rings. The van der Waals surface area contributed by atoms with Crippen LogP contribution in [0.2, 0.25) is 0 Å². The fourth-order valence-corrected chi connectivity index (χ4v) is 12.5. The Morgan fingerprint density at radius 3 is 1.23 bits per heavy atom. The summed E-state index contributed by atoms with van der Waals surface area (Å²) in [5.41, 5.74) is 7.39. The zero-order chi connectivity index (χ0) is 66.3. The molecule has 482 valence electrons. The smallest absolute Gasteiger partial charge is 0.471 e. The van der Waals surface area contributed by atoms with Gasteiger partial charge in [0, 0.05) is 89.6 Å². The minimum atomic E-state index is -5.26. The number of aliphatic hydroxyl groups excluding tert-OH is 1. The SMILES string of the molecule is CC(=O)O[C@H]1[C@@H](NC(=O)C(F)(F)F)C[C@H](O[C@H]2C[C@](N)(C(C)=O)Cc3c(O)c4c(c(O)c32)C(=O)c2ccccc2C4=O)O[C@H]1C.CC(=O)O[C@H]1[C@@H](NC(=O)C(F)(F)F)C[C@H](O[C@H]2C[C@](N)(C(C)O)Cc3c(O)c4c(c(O)c32)C(=O)c2ccccc2C4=O)O[C@H]1C. The molecule has 0 spiro atoms. The molecule has 0 bridgehead atoms. The van der Waals surface area contributed by atoms with Crippen molar-refractivity contribution in [3.05, 3.63) is 115 Å². The van der Waals surface area contributed by atoms with Crippen LogP contribution in [0.5, 0.6) is 23.0 Å². The Morgan fingerprint density at radius 2 is 0.911 bits per heavy atom. The molecule has 4 aromatic rings. The van der Waals surface area contributed by atoms with Gasteiger partial charge in [-0.1, -0.05) is 48.5 Å². The Kier molecular flexibility index (Phi) is 17.7. The first kappa shape index (κ1) is 66.0. The van der Waals surface area contributed by atoms with Crippen molar-refractivity contribution in [2.75, 3.05) is 0 Å². The number of ether oxygens (including phenoxy) is 6. The van der Waals surface area contributed by atoms with Crippen molar-refractivity contribution in [1.82, 2.24) is 10.6 Å². The Morgan fingerprint density at radius 1 is 0.578 bits per heavy atom. The van der Waals surface area contributed by atoms with Gasteiger partial charge in [-0.25, -0.2) is 0 Å². The van der Waals surface area contributed by atoms with Crippen molar-refractivity contribution in [2.24, 2.45) is 11.5 Å². The number of amides is 2. The van der Waals surface area contributed by atoms with Gasteiger partial charge in [0.2, 0.25) is 0 Å². The number of aliphatic hydroxyl groups is 1. The third-order valence-electron chi connectivity index (χ3n) is 16.9. The first-order chi connectivity index (χ1) is 41.9. The number of fused-ring (bicyclic) bond motifs is 6. The van der Waals surface area contributed by atoms with Gasteiger partial charge in [-0.2, -0.15) is 26.3 Å². The number of hydrogen-bond acceptors (Lipinski definition) is 22. The Bertz CT molecular complexity index is 3700. The molecule has 90 heavy (non-hydrogen) atoms. The molecular weight excluding hydrogens is 1210 g/mol. The third-order valence-corrected chi connectivity index (χ3v) is 16.9. The number of Topliss-reactive ketones (excluding diaryl/α,β-unsaturated/α-hetero) is 1. The molecule has 30 heteroatoms. The van der Waals surface area contributed by atoms with Gasteiger partial charge in [-0.05, 0) is 40.5 Å². The number of nitrogens with one attached hydrogen (secondary N) is 2. The normalized spacial score (nSPS) is 28.0. The molecule has 0 saturated carbocycles. The molecule has 2 heterocycles. The lowest BCUT2D eigenvalue weighted by Crippen LogP contribution is -2.59. The number of hydrogen-bond donors (Lipinski definition) is 9. The van der Waals surface area contributed by atoms with E-state index in [9.17, 15) is 95.0 Å². The number of phenolic OH excluding ortho intramolecular Hbond substituents is 4. The molecule has 0 radical (unpaired) electrons. The van der Waals surface area contributed by atoms with Crippen LogP contribution < -0.4 is 22.1 Å². The monoisotopic (exact) mass is 1270 g/mol. The number of rotatable bonds is 10. The van der Waals surface area contributed by atoms with Crippen molar-refractivity contribution in [3.8, 4) is 23.0 Å². The molecule has 2 amide bonds. The molecule has 2 aliphatic heterocycles. The van der Waals surface area contributed by atoms with E-state index in [1.807, 2.05) is 5.32 Å². The minimum Gasteiger partial charge on any atom is -0.507 e. The predicted molar refractivity (Wildman–Crippen MR) is 292 cm³/mol. The molecule has 13 atom stereocenters. The van der Waals surface area contributed by atoms with Gasteiger partial charge < -0.3 is 76.1 Å². The van der Waals surface area contributed by atoms with Gasteiger partial charge in [-0.3, -0.25) is 43.2 Å². The van der Waals surface area contributed by atoms with Gasteiger partial charge in [0.15, 0.2) is 35.7 Å². The standard InChI is InChI=1S/C30H31F3N2O10.C30H29F3N2O10/c2*1-11-27(44-13(3)37)17(35-28(42)30(31,32)33)8-19(43-11)45-18-10-29(34,12(2)36)9-16-20(18)26(41)22-21(25(16)40)23(38)14-6-4-5-7-15(14)24(22)39/h4-7,11-12,17-19,27,36,40-41H,8-10,34H2,1-3H3,(H,35,42);4-7,11,17-19,27,40-41H,8-10,34H2,1-3H3,(H,35,42)/t11-,12?,17-,18-,19-,27+,29-;11-,17-,18-,19-,27+,29-/m00/s1. The summed E-state index contributed by atoms with van der Waals surface area (Å²) in [6.45, 7) is 7.39. The van der Waals surface area contributed by atoms with E-state index in [-0.39, 0.29) is 70.2 Å². The number of ketones is 5. The van der Waals surface area contributed by atoms with Gasteiger partial charge in [-0.15, -0.1) is 0 Å². The largest absolute Gasteiger partial charge is 0.507 e. The van der Waals surface area contributed by atoms with Gasteiger partial charge >= 0.3 is 36.1 Å². The Balaban J connectivity index is 0.000000213. The summed E-state index contributed by atoms with van der Waals surface area (Å²) in [6, 6.07) is 8.80. The second kappa shape index (κ2) is 24.1. The lowest BCUT2D eigenvalue weighted by atomic mass is 9.70. The first-order valence-electron chi connectivity index (χ1n) is 28.0. The number of carbonyl (C=O) groups is 9. The van der Waals surface area contributed by atoms with E-state index < -0.39 is 202 Å². The summed E-state index contributed by atoms with van der Waals surface area (Å²) >= 11 is 0. The van der Waals surface area contributed by atoms with Crippen molar-refractivity contribution in [1.29, 1.82) is 0 Å². The molecular formula is C60H60F6N4O20. The van der Waals surface area contributed by atoms with E-state index in [0.717, 1.165) is 13.8 Å². The van der Waals surface area contributed by atoms with Gasteiger partial charge in [0.05, 0.1) is 70.4 Å². The number of carbonyl (C=O) groups excluding carboxylic acids is 9. The van der Waals surface area contributed by atoms with Crippen LogP contribution >= 0.6 is 0 Å². The average Bonchev–Trinajstić information content (AvgIpc) is 0.726. The lowest BCUT2D eigenvalue weighted by Gasteiger charge is -2.45. The van der Waals surface area contributed by atoms with Crippen LogP contribution in [0.25, 0.3) is 0 Å². The van der Waals surface area contributed by atoms with E-state index in [0.29, 0.717) is 0 Å². The maximum atomic E-state index is 13.5. The Hall–Kier alpha value is -8.39. The highest BCUT2D eigenvalue weighted by Crippen LogP contribution is 2.54. The maximum absolute atomic E-state index is 13.5. The van der Waals surface area contributed by atoms with Crippen LogP contribution in [-0.4, -0.2) is 157 Å². The fourth-order valence-electron chi connectivity index (χ4n) is 12.5. The summed E-state index contributed by atoms with van der Waals surface area (Å²) in [4.78, 5) is 114. The summed E-state index contributed by atoms with van der Waals surface area (Å²) < 4.78 is 113. The number of nitrogens with two attached hydrogens (primary N) is 2. The van der Waals surface area contributed by atoms with Crippen LogP contribution in [-0.2, 0) is 65.2 Å². The minimum absolute atomic E-state index is 0.000667. The number of esters is 2. The lowest BCUT2D eigenvalue weighted by molar-refractivity contribution is -0.252. The Labute approximate surface area is 506 Å². The van der Waals surface area contributed by atoms with Crippen molar-refractivity contribution >= 4 is 52.7 Å². The van der Waals surface area contributed by atoms with Crippen LogP contribution in [0.3, 0.4) is 0 Å². The van der Waals surface area contributed by atoms with E-state index >= 15 is 0 Å². The van der Waals surface area contributed by atoms with Crippen LogP contribution in [0, 0.1) is 0 Å². The number of phenols is 4. The van der Waals surface area contributed by atoms with Crippen LogP contribution in [0.4, 0.5) is 26.3 Å². The molecule has 2 saturated heterocycles. The highest BCUT2D eigenvalue weighted by atomic mass is 19.4. The number of aromatic hydroxyl groups is 4. The molecule has 10 rings (SSSR count). The second-order valence-corrected chi connectivity index (χ2v) is 23.0. The van der Waals surface area contributed by atoms with E-state index in [1.165, 1.54) is 76.2 Å². The molecule has 11 N–H and O–H groups in total. The fraction of sp³-hybridized carbons (Fsp3) is 0.450. The third kappa shape index (κ3) is 12.1. The average molecular weight is 1270 g/mol. The highest BCUT2D eigenvalue weighted by molar-refractivity contribution is 6.31. The number of alkyl halides is 6.